The number of nitrogens with zero attached hydrogens (tertiary/aromatic N) is 3. The largest absolute Gasteiger partial charge is 0.467 e. The minimum Gasteiger partial charge on any atom is -0.467 e. The molecule has 1 heterocycles. The minimum atomic E-state index is -1.07. The molecule has 1 N–H and O–H groups in total. The molecule has 32 heavy (non-hydrogen) atoms. The fourth-order valence-corrected chi connectivity index (χ4v) is 2.50. The molecule has 2 aromatic rings. The van der Waals surface area contributed by atoms with Gasteiger partial charge in [-0.05, 0) is 38.5 Å². The smallest absolute Gasteiger partial charge is 0.419 e. The van der Waals surface area contributed by atoms with Crippen LogP contribution in [0.5, 0.6) is 0 Å². The number of alkyl carbamates (subject to hydrolysis) is 1. The number of imidazole rings is 1. The Bertz CT molecular complexity index is 978. The van der Waals surface area contributed by atoms with Crippen LogP contribution in [0.15, 0.2) is 36.8 Å². The molecular weight excluding hydrogens is 424 g/mol. The third-order valence-corrected chi connectivity index (χ3v) is 3.95. The Morgan fingerprint density at radius 2 is 1.88 bits per heavy atom. The third kappa shape index (κ3) is 7.38. The van der Waals surface area contributed by atoms with Crippen LogP contribution in [0.4, 0.5) is 15.3 Å². The van der Waals surface area contributed by atoms with Crippen molar-refractivity contribution in [2.75, 3.05) is 7.11 Å². The van der Waals surface area contributed by atoms with Crippen LogP contribution in [0.25, 0.3) is 0 Å². The van der Waals surface area contributed by atoms with Gasteiger partial charge in [-0.2, -0.15) is 0 Å². The van der Waals surface area contributed by atoms with Crippen molar-refractivity contribution in [3.05, 3.63) is 58.2 Å². The number of carbonyl (C=O) groups excluding carboxylic acids is 3. The predicted molar refractivity (Wildman–Crippen MR) is 110 cm³/mol. The first-order valence-corrected chi connectivity index (χ1v) is 9.49. The molecule has 0 saturated carbocycles. The van der Waals surface area contributed by atoms with Gasteiger partial charge in [-0.25, -0.2) is 23.9 Å². The Morgan fingerprint density at radius 1 is 1.22 bits per heavy atom. The molecule has 1 aromatic heterocycles. The molecule has 0 fully saturated rings. The van der Waals surface area contributed by atoms with E-state index in [0.717, 1.165) is 4.57 Å². The summed E-state index contributed by atoms with van der Waals surface area (Å²) in [6, 6.07) is 4.50. The molecule has 0 radical (unpaired) electrons. The van der Waals surface area contributed by atoms with E-state index in [1.807, 2.05) is 0 Å². The monoisotopic (exact) mass is 448 g/mol. The van der Waals surface area contributed by atoms with Gasteiger partial charge in [0.05, 0.1) is 17.7 Å². The second-order valence-corrected chi connectivity index (χ2v) is 7.68. The van der Waals surface area contributed by atoms with Gasteiger partial charge in [-0.1, -0.05) is 0 Å². The molecule has 1 amide bonds. The molecular formula is C20H24N4O8. The summed E-state index contributed by atoms with van der Waals surface area (Å²) in [6.45, 7) is 4.95. The molecule has 0 aliphatic heterocycles. The molecule has 172 valence electrons. The van der Waals surface area contributed by atoms with Crippen LogP contribution in [0, 0.1) is 10.1 Å². The fourth-order valence-electron chi connectivity index (χ4n) is 2.50. The average Bonchev–Trinajstić information content (AvgIpc) is 3.18. The summed E-state index contributed by atoms with van der Waals surface area (Å²) in [5.74, 6) is -0.703. The lowest BCUT2D eigenvalue weighted by Gasteiger charge is -2.22. The Labute approximate surface area is 183 Å². The number of carbonyl (C=O) groups is 3. The second kappa shape index (κ2) is 10.4. The number of aromatic nitrogens is 2. The van der Waals surface area contributed by atoms with E-state index < -0.39 is 34.7 Å². The van der Waals surface area contributed by atoms with Crippen molar-refractivity contribution >= 4 is 23.8 Å². The first-order valence-electron chi connectivity index (χ1n) is 9.49. The van der Waals surface area contributed by atoms with Crippen LogP contribution in [-0.4, -0.2) is 51.4 Å². The summed E-state index contributed by atoms with van der Waals surface area (Å²) in [5, 5.41) is 13.1. The SMILES string of the molecule is COC(=O)[C@H](Cc1cn(C(=O)OCc2ccc([N+](=O)[O-])cc2)cn1)NC(=O)OC(C)(C)C. The number of esters is 1. The van der Waals surface area contributed by atoms with Gasteiger partial charge >= 0.3 is 18.2 Å². The van der Waals surface area contributed by atoms with Gasteiger partial charge in [0, 0.05) is 24.8 Å². The van der Waals surface area contributed by atoms with E-state index in [4.69, 9.17) is 14.2 Å². The first-order chi connectivity index (χ1) is 15.0. The van der Waals surface area contributed by atoms with E-state index in [0.29, 0.717) is 11.3 Å². The molecule has 0 aliphatic rings. The van der Waals surface area contributed by atoms with Gasteiger partial charge in [0.15, 0.2) is 0 Å². The third-order valence-electron chi connectivity index (χ3n) is 3.95. The number of nitro benzene ring substituents is 1. The normalized spacial score (nSPS) is 11.9. The highest BCUT2D eigenvalue weighted by molar-refractivity contribution is 5.81. The van der Waals surface area contributed by atoms with Crippen LogP contribution in [0.2, 0.25) is 0 Å². The van der Waals surface area contributed by atoms with E-state index in [2.05, 4.69) is 10.3 Å². The van der Waals surface area contributed by atoms with Crippen LogP contribution in [0.1, 0.15) is 32.0 Å². The van der Waals surface area contributed by atoms with Crippen molar-refractivity contribution in [1.29, 1.82) is 0 Å². The van der Waals surface area contributed by atoms with Crippen LogP contribution < -0.4 is 5.32 Å². The van der Waals surface area contributed by atoms with E-state index in [1.165, 1.54) is 43.9 Å². The number of hydrogen-bond acceptors (Lipinski definition) is 9. The molecule has 12 heteroatoms. The maximum Gasteiger partial charge on any atom is 0.419 e. The van der Waals surface area contributed by atoms with Crippen molar-refractivity contribution in [2.45, 2.75) is 45.4 Å². The van der Waals surface area contributed by atoms with Gasteiger partial charge in [0.2, 0.25) is 0 Å². The molecule has 1 atom stereocenters. The lowest BCUT2D eigenvalue weighted by molar-refractivity contribution is -0.384. The van der Waals surface area contributed by atoms with Crippen molar-refractivity contribution in [1.82, 2.24) is 14.9 Å². The van der Waals surface area contributed by atoms with Gasteiger partial charge in [0.25, 0.3) is 5.69 Å². The summed E-state index contributed by atoms with van der Waals surface area (Å²) in [5.41, 5.74) is 0.0690. The average molecular weight is 448 g/mol. The molecule has 12 nitrogen and oxygen atoms in total. The summed E-state index contributed by atoms with van der Waals surface area (Å²) in [4.78, 5) is 50.4. The highest BCUT2D eigenvalue weighted by Gasteiger charge is 2.26. The van der Waals surface area contributed by atoms with Crippen LogP contribution in [-0.2, 0) is 32.0 Å². The number of nitrogens with one attached hydrogen (secondary N) is 1. The number of nitro groups is 1. The number of rotatable bonds is 7. The highest BCUT2D eigenvalue weighted by Crippen LogP contribution is 2.13. The first kappa shape index (κ1) is 24.3. The number of methoxy groups -OCH3 is 1. The van der Waals surface area contributed by atoms with Gasteiger partial charge < -0.3 is 19.5 Å². The highest BCUT2D eigenvalue weighted by atomic mass is 16.6. The van der Waals surface area contributed by atoms with E-state index in [9.17, 15) is 24.5 Å². The standard InChI is InChI=1S/C20H24N4O8/c1-20(2,3)32-18(26)22-16(17(25)30-4)9-14-10-23(12-21-14)19(27)31-11-13-5-7-15(8-6-13)24(28)29/h5-8,10,12,16H,9,11H2,1-4H3,(H,22,26)/t16-/m0/s1. The molecule has 0 unspecified atom stereocenters. The maximum atomic E-state index is 12.2. The molecule has 0 saturated heterocycles. The Kier molecular flexibility index (Phi) is 7.88. The van der Waals surface area contributed by atoms with Gasteiger partial charge in [-0.3, -0.25) is 10.1 Å². The summed E-state index contributed by atoms with van der Waals surface area (Å²) >= 11 is 0. The van der Waals surface area contributed by atoms with E-state index in [1.54, 1.807) is 20.8 Å². The van der Waals surface area contributed by atoms with Crippen LogP contribution in [0.3, 0.4) is 0 Å². The van der Waals surface area contributed by atoms with Crippen molar-refractivity contribution < 1.29 is 33.5 Å². The molecule has 0 spiro atoms. The summed E-state index contributed by atoms with van der Waals surface area (Å²) < 4.78 is 16.1. The van der Waals surface area contributed by atoms with Crippen molar-refractivity contribution in [2.24, 2.45) is 0 Å². The molecule has 2 rings (SSSR count). The van der Waals surface area contributed by atoms with Crippen molar-refractivity contribution in [3.8, 4) is 0 Å². The Hall–Kier alpha value is -3.96. The number of benzene rings is 1. The zero-order chi connectivity index (χ0) is 23.9. The predicted octanol–water partition coefficient (Wildman–Crippen LogP) is 2.59. The zero-order valence-electron chi connectivity index (χ0n) is 18.1. The zero-order valence-corrected chi connectivity index (χ0v) is 18.1. The molecule has 0 bridgehead atoms. The maximum absolute atomic E-state index is 12.2. The number of hydrogen-bond donors (Lipinski definition) is 1. The van der Waals surface area contributed by atoms with Crippen molar-refractivity contribution in [3.63, 3.8) is 0 Å². The molecule has 0 aliphatic carbocycles. The Balaban J connectivity index is 1.97. The Morgan fingerprint density at radius 3 is 2.44 bits per heavy atom. The fraction of sp³-hybridized carbons (Fsp3) is 0.400. The topological polar surface area (TPSA) is 152 Å². The summed E-state index contributed by atoms with van der Waals surface area (Å²) in [6.07, 6.45) is 0.973. The number of ether oxygens (including phenoxy) is 3. The van der Waals surface area contributed by atoms with Gasteiger partial charge in [-0.15, -0.1) is 0 Å². The number of amides is 1. The van der Waals surface area contributed by atoms with E-state index >= 15 is 0 Å². The van der Waals surface area contributed by atoms with Crippen LogP contribution >= 0.6 is 0 Å². The van der Waals surface area contributed by atoms with E-state index in [-0.39, 0.29) is 18.7 Å². The second-order valence-electron chi connectivity index (χ2n) is 7.68. The minimum absolute atomic E-state index is 0.0471. The quantitative estimate of drug-likeness (QED) is 0.291. The summed E-state index contributed by atoms with van der Waals surface area (Å²) in [7, 11) is 1.18. The lowest BCUT2D eigenvalue weighted by Crippen LogP contribution is -2.45. The number of non-ortho nitro benzene ring substituents is 1. The van der Waals surface area contributed by atoms with Gasteiger partial charge in [0.1, 0.15) is 24.6 Å². The molecule has 1 aromatic carbocycles. The lowest BCUT2D eigenvalue weighted by atomic mass is 10.1.